The van der Waals surface area contributed by atoms with E-state index >= 15 is 0 Å². The number of carbonyl (C=O) groups is 1. The van der Waals surface area contributed by atoms with E-state index in [-0.39, 0.29) is 5.69 Å². The Labute approximate surface area is 150 Å². The van der Waals surface area contributed by atoms with Crippen molar-refractivity contribution in [1.29, 1.82) is 0 Å². The van der Waals surface area contributed by atoms with Crippen LogP contribution in [0.15, 0.2) is 33.9 Å². The summed E-state index contributed by atoms with van der Waals surface area (Å²) in [6.07, 6.45) is 3.95. The average molecular weight is 358 g/mol. The molecule has 26 heavy (non-hydrogen) atoms. The predicted octanol–water partition coefficient (Wildman–Crippen LogP) is 0.956. The molecule has 1 fully saturated rings. The Hall–Kier alpha value is -2.90. The van der Waals surface area contributed by atoms with Crippen LogP contribution in [0.1, 0.15) is 36.2 Å². The molecular weight excluding hydrogens is 336 g/mol. The number of carbonyl (C=O) groups excluding carboxylic acids is 1. The molecule has 0 radical (unpaired) electrons. The lowest BCUT2D eigenvalue weighted by Gasteiger charge is -2.20. The van der Waals surface area contributed by atoms with Crippen molar-refractivity contribution >= 4 is 5.91 Å². The smallest absolute Gasteiger partial charge is 0.351 e. The zero-order valence-electron chi connectivity index (χ0n) is 15.0. The second-order valence-corrected chi connectivity index (χ2v) is 6.31. The van der Waals surface area contributed by atoms with Crippen LogP contribution in [0.2, 0.25) is 0 Å². The monoisotopic (exact) mass is 358 g/mol. The van der Waals surface area contributed by atoms with Gasteiger partial charge in [0.25, 0.3) is 11.5 Å². The van der Waals surface area contributed by atoms with Crippen LogP contribution in [-0.2, 0) is 7.05 Å². The molecular formula is C18H22N4O4. The maximum absolute atomic E-state index is 12.8. The molecule has 1 amide bonds. The van der Waals surface area contributed by atoms with Crippen molar-refractivity contribution in [3.05, 3.63) is 50.8 Å². The van der Waals surface area contributed by atoms with Crippen molar-refractivity contribution in [1.82, 2.24) is 19.2 Å². The molecule has 0 atom stereocenters. The standard InChI is InChI=1S/C18H22N4O4/c1-20-16(23)15(17(24)21-11-5-3-4-6-12-21)19-22(18(20)25)13-7-9-14(26-2)10-8-13/h7-10H,3-6,11-12H2,1-2H3. The van der Waals surface area contributed by atoms with Crippen molar-refractivity contribution < 1.29 is 9.53 Å². The minimum Gasteiger partial charge on any atom is -0.497 e. The van der Waals surface area contributed by atoms with Gasteiger partial charge in [-0.25, -0.2) is 4.79 Å². The first-order valence-electron chi connectivity index (χ1n) is 8.67. The molecule has 0 N–H and O–H groups in total. The molecule has 1 aliphatic rings. The topological polar surface area (TPSA) is 86.4 Å². The highest BCUT2D eigenvalue weighted by molar-refractivity contribution is 5.91. The third kappa shape index (κ3) is 3.40. The first kappa shape index (κ1) is 17.9. The lowest BCUT2D eigenvalue weighted by Crippen LogP contribution is -2.45. The van der Waals surface area contributed by atoms with Crippen molar-refractivity contribution in [2.75, 3.05) is 20.2 Å². The van der Waals surface area contributed by atoms with E-state index in [1.54, 1.807) is 36.3 Å². The van der Waals surface area contributed by atoms with E-state index in [1.807, 2.05) is 0 Å². The number of amides is 1. The van der Waals surface area contributed by atoms with Crippen LogP contribution in [0.4, 0.5) is 0 Å². The molecule has 8 heteroatoms. The Morgan fingerprint density at radius 1 is 1.04 bits per heavy atom. The maximum Gasteiger partial charge on any atom is 0.351 e. The van der Waals surface area contributed by atoms with E-state index in [4.69, 9.17) is 4.74 Å². The third-order valence-corrected chi connectivity index (χ3v) is 4.59. The van der Waals surface area contributed by atoms with E-state index in [9.17, 15) is 14.4 Å². The molecule has 3 rings (SSSR count). The number of rotatable bonds is 3. The number of hydrogen-bond acceptors (Lipinski definition) is 5. The van der Waals surface area contributed by atoms with Crippen molar-refractivity contribution in [3.8, 4) is 11.4 Å². The second kappa shape index (κ2) is 7.55. The molecule has 0 unspecified atom stereocenters. The fourth-order valence-corrected chi connectivity index (χ4v) is 3.02. The number of likely N-dealkylation sites (tertiary alicyclic amines) is 1. The van der Waals surface area contributed by atoms with Gasteiger partial charge in [0.2, 0.25) is 5.69 Å². The minimum atomic E-state index is -0.672. The summed E-state index contributed by atoms with van der Waals surface area (Å²) in [5, 5.41) is 4.10. The van der Waals surface area contributed by atoms with Crippen LogP contribution in [0.25, 0.3) is 5.69 Å². The molecule has 0 spiro atoms. The summed E-state index contributed by atoms with van der Waals surface area (Å²) in [6, 6.07) is 6.67. The predicted molar refractivity (Wildman–Crippen MR) is 96.0 cm³/mol. The molecule has 1 aliphatic heterocycles. The van der Waals surface area contributed by atoms with Gasteiger partial charge in [0.15, 0.2) is 0 Å². The van der Waals surface area contributed by atoms with E-state index in [0.29, 0.717) is 24.5 Å². The fourth-order valence-electron chi connectivity index (χ4n) is 3.02. The van der Waals surface area contributed by atoms with Gasteiger partial charge in [0.1, 0.15) is 5.75 Å². The largest absolute Gasteiger partial charge is 0.497 e. The summed E-state index contributed by atoms with van der Waals surface area (Å²) in [7, 11) is 2.90. The Kier molecular flexibility index (Phi) is 5.20. The first-order chi connectivity index (χ1) is 12.5. The number of hydrogen-bond donors (Lipinski definition) is 0. The van der Waals surface area contributed by atoms with Crippen LogP contribution in [0.3, 0.4) is 0 Å². The van der Waals surface area contributed by atoms with Gasteiger partial charge in [0.05, 0.1) is 12.8 Å². The summed E-state index contributed by atoms with van der Waals surface area (Å²) in [6.45, 7) is 1.21. The fraction of sp³-hybridized carbons (Fsp3) is 0.444. The van der Waals surface area contributed by atoms with Crippen molar-refractivity contribution in [3.63, 3.8) is 0 Å². The maximum atomic E-state index is 12.8. The van der Waals surface area contributed by atoms with Gasteiger partial charge in [0, 0.05) is 20.1 Å². The van der Waals surface area contributed by atoms with Crippen molar-refractivity contribution in [2.45, 2.75) is 25.7 Å². The number of methoxy groups -OCH3 is 1. The number of nitrogens with zero attached hydrogens (tertiary/aromatic N) is 4. The van der Waals surface area contributed by atoms with Gasteiger partial charge in [-0.15, -0.1) is 0 Å². The quantitative estimate of drug-likeness (QED) is 0.816. The first-order valence-corrected chi connectivity index (χ1v) is 8.67. The van der Waals surface area contributed by atoms with Crippen LogP contribution in [0, 0.1) is 0 Å². The van der Waals surface area contributed by atoms with Crippen LogP contribution >= 0.6 is 0 Å². The summed E-state index contributed by atoms with van der Waals surface area (Å²) in [5.41, 5.74) is -1.05. The molecule has 2 heterocycles. The normalized spacial score (nSPS) is 14.8. The lowest BCUT2D eigenvalue weighted by molar-refractivity contribution is 0.0750. The van der Waals surface area contributed by atoms with Crippen molar-refractivity contribution in [2.24, 2.45) is 7.05 Å². The summed E-state index contributed by atoms with van der Waals surface area (Å²) in [4.78, 5) is 39.4. The highest BCUT2D eigenvalue weighted by Crippen LogP contribution is 2.14. The Bertz CT molecular complexity index is 906. The molecule has 0 bridgehead atoms. The summed E-state index contributed by atoms with van der Waals surface area (Å²) in [5.74, 6) is 0.210. The van der Waals surface area contributed by atoms with Crippen LogP contribution in [0.5, 0.6) is 5.75 Å². The highest BCUT2D eigenvalue weighted by Gasteiger charge is 2.24. The van der Waals surface area contributed by atoms with E-state index in [2.05, 4.69) is 5.10 Å². The molecule has 1 saturated heterocycles. The number of ether oxygens (including phenoxy) is 1. The summed E-state index contributed by atoms with van der Waals surface area (Å²) >= 11 is 0. The molecule has 8 nitrogen and oxygen atoms in total. The van der Waals surface area contributed by atoms with Crippen LogP contribution < -0.4 is 16.0 Å². The van der Waals surface area contributed by atoms with E-state index in [0.717, 1.165) is 34.9 Å². The molecule has 1 aromatic heterocycles. The number of benzene rings is 1. The molecule has 1 aromatic carbocycles. The van der Waals surface area contributed by atoms with E-state index in [1.165, 1.54) is 7.05 Å². The Morgan fingerprint density at radius 2 is 1.65 bits per heavy atom. The minimum absolute atomic E-state index is 0.232. The lowest BCUT2D eigenvalue weighted by atomic mass is 10.2. The third-order valence-electron chi connectivity index (χ3n) is 4.59. The van der Waals surface area contributed by atoms with E-state index < -0.39 is 17.2 Å². The van der Waals surface area contributed by atoms with Crippen LogP contribution in [-0.4, -0.2) is 45.4 Å². The average Bonchev–Trinajstić information content (AvgIpc) is 2.95. The molecule has 138 valence electrons. The molecule has 0 saturated carbocycles. The zero-order valence-corrected chi connectivity index (χ0v) is 15.0. The van der Waals surface area contributed by atoms with Gasteiger partial charge in [-0.1, -0.05) is 12.8 Å². The SMILES string of the molecule is COc1ccc(-n2nc(C(=O)N3CCCCCC3)c(=O)n(C)c2=O)cc1. The van der Waals surface area contributed by atoms with Gasteiger partial charge in [-0.2, -0.15) is 9.78 Å². The molecule has 0 aliphatic carbocycles. The van der Waals surface area contributed by atoms with Gasteiger partial charge >= 0.3 is 5.69 Å². The van der Waals surface area contributed by atoms with Gasteiger partial charge in [-0.3, -0.25) is 14.2 Å². The Balaban J connectivity index is 2.05. The van der Waals surface area contributed by atoms with Gasteiger partial charge < -0.3 is 9.64 Å². The zero-order chi connectivity index (χ0) is 18.7. The summed E-state index contributed by atoms with van der Waals surface area (Å²) < 4.78 is 7.10. The van der Waals surface area contributed by atoms with Gasteiger partial charge in [-0.05, 0) is 37.1 Å². The Morgan fingerprint density at radius 3 is 2.23 bits per heavy atom. The highest BCUT2D eigenvalue weighted by atomic mass is 16.5. The number of aromatic nitrogens is 3. The second-order valence-electron chi connectivity index (χ2n) is 6.31. The molecule has 2 aromatic rings.